The Kier molecular flexibility index (Phi) is 4.50. The van der Waals surface area contributed by atoms with Gasteiger partial charge in [-0.2, -0.15) is 0 Å². The van der Waals surface area contributed by atoms with E-state index < -0.39 is 5.60 Å². The maximum Gasteiger partial charge on any atom is 0.127 e. The zero-order valence-corrected chi connectivity index (χ0v) is 11.0. The molecule has 0 bridgehead atoms. The van der Waals surface area contributed by atoms with Gasteiger partial charge in [0.05, 0.1) is 0 Å². The van der Waals surface area contributed by atoms with Crippen LogP contribution in [0.1, 0.15) is 26.2 Å². The molecule has 1 nitrogen and oxygen atoms in total. The second kappa shape index (κ2) is 4.10. The Balaban J connectivity index is 0.000000810. The van der Waals surface area contributed by atoms with Crippen LogP contribution in [-0.4, -0.2) is 10.7 Å². The van der Waals surface area contributed by atoms with Crippen molar-refractivity contribution >= 4 is 0 Å². The molecular formula is C8H12AcO. The Bertz CT molecular complexity index is 150. The van der Waals surface area contributed by atoms with E-state index in [0.29, 0.717) is 5.92 Å². The van der Waals surface area contributed by atoms with Gasteiger partial charge in [0.15, 0.2) is 0 Å². The van der Waals surface area contributed by atoms with Crippen molar-refractivity contribution in [2.75, 3.05) is 0 Å². The van der Waals surface area contributed by atoms with E-state index in [2.05, 4.69) is 5.92 Å². The van der Waals surface area contributed by atoms with Crippen molar-refractivity contribution in [1.82, 2.24) is 0 Å². The van der Waals surface area contributed by atoms with Gasteiger partial charge >= 0.3 is 0 Å². The van der Waals surface area contributed by atoms with Crippen LogP contribution < -0.4 is 0 Å². The van der Waals surface area contributed by atoms with Crippen molar-refractivity contribution in [1.29, 1.82) is 0 Å². The first-order valence-corrected chi connectivity index (χ1v) is 3.39. The average Bonchev–Trinajstić information content (AvgIpc) is 2.15. The van der Waals surface area contributed by atoms with Gasteiger partial charge in [0, 0.05) is 44.1 Å². The molecule has 0 aromatic carbocycles. The fourth-order valence-electron chi connectivity index (χ4n) is 1.38. The molecule has 0 aromatic rings. The number of terminal acetylenes is 1. The predicted octanol–water partition coefficient (Wildman–Crippen LogP) is 1.17. The summed E-state index contributed by atoms with van der Waals surface area (Å²) in [6, 6.07) is 0. The molecule has 1 rings (SSSR count). The Morgan fingerprint density at radius 1 is 1.70 bits per heavy atom. The van der Waals surface area contributed by atoms with E-state index in [1.165, 1.54) is 0 Å². The normalized spacial score (nSPS) is 38.3. The zero-order chi connectivity index (χ0) is 6.91. The molecule has 1 radical (unpaired) electrons. The third-order valence-corrected chi connectivity index (χ3v) is 2.26. The standard InChI is InChI=1S/C8H12O.Ac/c1-3-8(9)6-4-5-7(8)2;/h1,7,9H,4-6H2,2H3;/t7-,8?;/m1./s1. The number of aliphatic hydroxyl groups is 1. The molecule has 1 aliphatic rings. The number of rotatable bonds is 0. The fourth-order valence-corrected chi connectivity index (χ4v) is 1.38. The minimum Gasteiger partial charge on any atom is -0.377 e. The molecule has 0 aromatic heterocycles. The first kappa shape index (κ1) is 11.0. The number of hydrogen-bond acceptors (Lipinski definition) is 1. The minimum absolute atomic E-state index is 0. The quantitative estimate of drug-likeness (QED) is 0.650. The third kappa shape index (κ3) is 1.97. The van der Waals surface area contributed by atoms with Crippen LogP contribution in [-0.2, 0) is 0 Å². The monoisotopic (exact) mass is 351 g/mol. The summed E-state index contributed by atoms with van der Waals surface area (Å²) in [6.07, 6.45) is 8.08. The van der Waals surface area contributed by atoms with Crippen LogP contribution in [0.5, 0.6) is 0 Å². The topological polar surface area (TPSA) is 20.2 Å². The van der Waals surface area contributed by atoms with E-state index in [0.717, 1.165) is 19.3 Å². The molecule has 0 saturated heterocycles. The van der Waals surface area contributed by atoms with Crippen molar-refractivity contribution in [2.45, 2.75) is 31.8 Å². The van der Waals surface area contributed by atoms with Crippen molar-refractivity contribution in [3.05, 3.63) is 0 Å². The summed E-state index contributed by atoms with van der Waals surface area (Å²) < 4.78 is 0. The fraction of sp³-hybridized carbons (Fsp3) is 0.750. The van der Waals surface area contributed by atoms with Crippen LogP contribution in [0.3, 0.4) is 0 Å². The van der Waals surface area contributed by atoms with Gasteiger partial charge in [0.2, 0.25) is 0 Å². The van der Waals surface area contributed by atoms with Gasteiger partial charge in [-0.3, -0.25) is 0 Å². The van der Waals surface area contributed by atoms with Gasteiger partial charge in [0.1, 0.15) is 5.60 Å². The van der Waals surface area contributed by atoms with Crippen LogP contribution >= 0.6 is 0 Å². The summed E-state index contributed by atoms with van der Waals surface area (Å²) >= 11 is 0. The van der Waals surface area contributed by atoms with E-state index in [1.54, 1.807) is 0 Å². The summed E-state index contributed by atoms with van der Waals surface area (Å²) in [5, 5.41) is 9.53. The minimum atomic E-state index is -0.778. The molecule has 10 heavy (non-hydrogen) atoms. The molecule has 1 fully saturated rings. The average molecular weight is 351 g/mol. The first-order valence-electron chi connectivity index (χ1n) is 3.39. The largest absolute Gasteiger partial charge is 0.377 e. The molecule has 0 amide bonds. The molecule has 0 heterocycles. The van der Waals surface area contributed by atoms with Gasteiger partial charge in [-0.15, -0.1) is 6.42 Å². The Hall–Kier alpha value is 0.962. The van der Waals surface area contributed by atoms with Crippen LogP contribution in [0.2, 0.25) is 0 Å². The number of hydrogen-bond donors (Lipinski definition) is 1. The molecule has 2 atom stereocenters. The van der Waals surface area contributed by atoms with Gasteiger partial charge in [-0.1, -0.05) is 12.8 Å². The van der Waals surface area contributed by atoms with Gasteiger partial charge in [-0.05, 0) is 25.2 Å². The van der Waals surface area contributed by atoms with E-state index >= 15 is 0 Å². The molecule has 1 aliphatic carbocycles. The van der Waals surface area contributed by atoms with E-state index in [9.17, 15) is 5.11 Å². The van der Waals surface area contributed by atoms with Crippen LogP contribution in [0.15, 0.2) is 0 Å². The van der Waals surface area contributed by atoms with Crippen molar-refractivity contribution in [3.63, 3.8) is 0 Å². The van der Waals surface area contributed by atoms with Crippen LogP contribution in [0, 0.1) is 62.3 Å². The predicted molar refractivity (Wildman–Crippen MR) is 36.8 cm³/mol. The molecule has 0 spiro atoms. The summed E-state index contributed by atoms with van der Waals surface area (Å²) in [4.78, 5) is 0. The zero-order valence-electron chi connectivity index (χ0n) is 6.30. The summed E-state index contributed by atoms with van der Waals surface area (Å²) in [6.45, 7) is 2.01. The molecule has 2 heteroatoms. The molecule has 1 N–H and O–H groups in total. The van der Waals surface area contributed by atoms with E-state index in [1.807, 2.05) is 6.92 Å². The molecule has 1 saturated carbocycles. The maximum atomic E-state index is 9.53. The van der Waals surface area contributed by atoms with E-state index in [4.69, 9.17) is 6.42 Å². The Labute approximate surface area is 98.1 Å². The smallest absolute Gasteiger partial charge is 0.127 e. The second-order valence-corrected chi connectivity index (χ2v) is 2.86. The Morgan fingerprint density at radius 3 is 2.50 bits per heavy atom. The van der Waals surface area contributed by atoms with Crippen LogP contribution in [0.4, 0.5) is 0 Å². The van der Waals surface area contributed by atoms with Crippen molar-refractivity contribution < 1.29 is 49.2 Å². The summed E-state index contributed by atoms with van der Waals surface area (Å²) in [5.41, 5.74) is -0.778. The van der Waals surface area contributed by atoms with Gasteiger partial charge < -0.3 is 5.11 Å². The third-order valence-electron chi connectivity index (χ3n) is 2.26. The van der Waals surface area contributed by atoms with Gasteiger partial charge in [0.25, 0.3) is 0 Å². The molecular weight excluding hydrogens is 339 g/mol. The van der Waals surface area contributed by atoms with E-state index in [-0.39, 0.29) is 44.1 Å². The van der Waals surface area contributed by atoms with Crippen molar-refractivity contribution in [3.8, 4) is 12.3 Å². The maximum absolute atomic E-state index is 9.53. The van der Waals surface area contributed by atoms with Crippen molar-refractivity contribution in [2.24, 2.45) is 5.92 Å². The second-order valence-electron chi connectivity index (χ2n) is 2.86. The molecule has 53 valence electrons. The van der Waals surface area contributed by atoms with Crippen LogP contribution in [0.25, 0.3) is 0 Å². The first-order chi connectivity index (χ1) is 4.19. The summed E-state index contributed by atoms with van der Waals surface area (Å²) in [7, 11) is 0. The summed E-state index contributed by atoms with van der Waals surface area (Å²) in [5.74, 6) is 2.74. The van der Waals surface area contributed by atoms with Gasteiger partial charge in [-0.25, -0.2) is 0 Å². The molecule has 1 unspecified atom stereocenters. The SMILES string of the molecule is C#CC1(O)CCC[C@H]1C.[Ac]. The molecule has 0 aliphatic heterocycles. The Morgan fingerprint density at radius 2 is 2.30 bits per heavy atom.